The van der Waals surface area contributed by atoms with Crippen LogP contribution >= 0.6 is 22.6 Å². The smallest absolute Gasteiger partial charge is 0.228 e. The Morgan fingerprint density at radius 2 is 1.87 bits per heavy atom. The van der Waals surface area contributed by atoms with E-state index in [0.717, 1.165) is 40.2 Å². The second-order valence-electron chi connectivity index (χ2n) is 9.12. The predicted molar refractivity (Wildman–Crippen MR) is 128 cm³/mol. The molecule has 2 heterocycles. The Morgan fingerprint density at radius 1 is 1.10 bits per heavy atom. The summed E-state index contributed by atoms with van der Waals surface area (Å²) < 4.78 is 14.9. The lowest BCUT2D eigenvalue weighted by molar-refractivity contribution is -0.120. The molecule has 0 radical (unpaired) electrons. The van der Waals surface area contributed by atoms with Crippen molar-refractivity contribution in [1.82, 2.24) is 9.97 Å². The van der Waals surface area contributed by atoms with Crippen LogP contribution in [0.2, 0.25) is 0 Å². The van der Waals surface area contributed by atoms with Gasteiger partial charge in [-0.3, -0.25) is 9.78 Å². The topological polar surface area (TPSA) is 54.9 Å². The normalized spacial score (nSPS) is 26.0. The van der Waals surface area contributed by atoms with Crippen LogP contribution in [0.15, 0.2) is 48.8 Å². The van der Waals surface area contributed by atoms with Gasteiger partial charge in [-0.2, -0.15) is 0 Å². The van der Waals surface area contributed by atoms with Crippen LogP contribution in [0.3, 0.4) is 0 Å². The van der Waals surface area contributed by atoms with Gasteiger partial charge in [0.1, 0.15) is 11.6 Å². The number of benzene rings is 1. The van der Waals surface area contributed by atoms with Gasteiger partial charge < -0.3 is 5.32 Å². The highest BCUT2D eigenvalue weighted by Crippen LogP contribution is 2.54. The Balaban J connectivity index is 1.24. The van der Waals surface area contributed by atoms with Crippen molar-refractivity contribution < 1.29 is 9.18 Å². The van der Waals surface area contributed by atoms with Gasteiger partial charge in [0.15, 0.2) is 0 Å². The molecule has 6 heteroatoms. The first-order valence-electron chi connectivity index (χ1n) is 10.9. The first kappa shape index (κ1) is 20.8. The van der Waals surface area contributed by atoms with Crippen LogP contribution < -0.4 is 5.32 Å². The molecule has 160 valence electrons. The molecule has 1 N–H and O–H groups in total. The quantitative estimate of drug-likeness (QED) is 0.412. The van der Waals surface area contributed by atoms with Gasteiger partial charge in [0.25, 0.3) is 0 Å². The van der Waals surface area contributed by atoms with Crippen molar-refractivity contribution >= 4 is 45.2 Å². The number of fused-ring (bicyclic) bond motifs is 2. The van der Waals surface area contributed by atoms with Crippen LogP contribution in [0.4, 0.5) is 10.2 Å². The second-order valence-corrected chi connectivity index (χ2v) is 10.4. The molecular formula is C25H25FIN3O. The van der Waals surface area contributed by atoms with Crippen molar-refractivity contribution in [3.05, 3.63) is 63.7 Å². The molecule has 2 aliphatic carbocycles. The lowest BCUT2D eigenvalue weighted by Crippen LogP contribution is -2.26. The highest BCUT2D eigenvalue weighted by atomic mass is 127. The summed E-state index contributed by atoms with van der Waals surface area (Å²) in [5, 5.41) is 3.92. The number of rotatable bonds is 4. The molecule has 0 spiro atoms. The van der Waals surface area contributed by atoms with Crippen molar-refractivity contribution in [3.8, 4) is 0 Å². The number of aromatic nitrogens is 2. The molecule has 0 saturated heterocycles. The van der Waals surface area contributed by atoms with Crippen molar-refractivity contribution in [2.75, 3.05) is 5.32 Å². The molecule has 4 nitrogen and oxygen atoms in total. The fourth-order valence-corrected chi connectivity index (χ4v) is 6.04. The Hall–Kier alpha value is -2.09. The van der Waals surface area contributed by atoms with E-state index in [1.165, 1.54) is 11.6 Å². The lowest BCUT2D eigenvalue weighted by Gasteiger charge is -2.21. The Bertz CT molecular complexity index is 1110. The number of hydrogen-bond donors (Lipinski definition) is 1. The zero-order chi connectivity index (χ0) is 21.5. The van der Waals surface area contributed by atoms with Gasteiger partial charge >= 0.3 is 0 Å². The third-order valence-electron chi connectivity index (χ3n) is 7.33. The summed E-state index contributed by atoms with van der Waals surface area (Å²) in [7, 11) is 0. The molecular weight excluding hydrogens is 504 g/mol. The largest absolute Gasteiger partial charge is 0.310 e. The first-order chi connectivity index (χ1) is 15.0. The van der Waals surface area contributed by atoms with Gasteiger partial charge in [-0.25, -0.2) is 9.37 Å². The maximum atomic E-state index is 13.9. The summed E-state index contributed by atoms with van der Waals surface area (Å²) in [5.41, 5.74) is 2.09. The summed E-state index contributed by atoms with van der Waals surface area (Å²) >= 11 is 2.20. The predicted octanol–water partition coefficient (Wildman–Crippen LogP) is 6.17. The van der Waals surface area contributed by atoms with Gasteiger partial charge in [0, 0.05) is 27.3 Å². The Kier molecular flexibility index (Phi) is 5.67. The van der Waals surface area contributed by atoms with E-state index in [1.54, 1.807) is 18.3 Å². The standard InChI is InChI=1S/C25H25FIN3O/c1-14(25(31)30-24-5-3-20(27)13-29-24)15-8-16-10-18(11-17(16)9-15)21-6-7-28-23-4-2-19(26)12-22(21)23/h2-7,12-18H,8-11H2,1H3,(H,29,30,31)/t14?,15?,16-,17+,18?. The minimum absolute atomic E-state index is 0.0269. The molecule has 2 aliphatic rings. The number of hydrogen-bond acceptors (Lipinski definition) is 3. The third kappa shape index (κ3) is 4.19. The fraction of sp³-hybridized carbons (Fsp3) is 0.400. The van der Waals surface area contributed by atoms with E-state index in [1.807, 2.05) is 25.3 Å². The maximum Gasteiger partial charge on any atom is 0.228 e. The molecule has 5 atom stereocenters. The molecule has 0 bridgehead atoms. The van der Waals surface area contributed by atoms with Gasteiger partial charge in [-0.15, -0.1) is 0 Å². The fourth-order valence-electron chi connectivity index (χ4n) is 5.73. The Labute approximate surface area is 195 Å². The Morgan fingerprint density at radius 3 is 2.58 bits per heavy atom. The van der Waals surface area contributed by atoms with Gasteiger partial charge in [0.2, 0.25) is 5.91 Å². The van der Waals surface area contributed by atoms with E-state index in [2.05, 4.69) is 43.9 Å². The first-order valence-corrected chi connectivity index (χ1v) is 12.0. The third-order valence-corrected chi connectivity index (χ3v) is 7.97. The van der Waals surface area contributed by atoms with Crippen molar-refractivity contribution in [3.63, 3.8) is 0 Å². The molecule has 3 unspecified atom stereocenters. The number of nitrogens with one attached hydrogen (secondary N) is 1. The van der Waals surface area contributed by atoms with Crippen LogP contribution in [-0.4, -0.2) is 15.9 Å². The van der Waals surface area contributed by atoms with Crippen LogP contribution in [0.25, 0.3) is 10.9 Å². The van der Waals surface area contributed by atoms with Crippen LogP contribution in [0.1, 0.15) is 44.1 Å². The molecule has 0 aliphatic heterocycles. The summed E-state index contributed by atoms with van der Waals surface area (Å²) in [5.74, 6) is 2.58. The molecule has 1 amide bonds. The number of halogens is 2. The van der Waals surface area contributed by atoms with Crippen LogP contribution in [-0.2, 0) is 4.79 Å². The SMILES string of the molecule is CC(C(=O)Nc1ccc(I)cn1)C1C[C@H]2CC(c3ccnc4ccc(F)cc34)C[C@H]2C1. The second kappa shape index (κ2) is 8.45. The van der Waals surface area contributed by atoms with Crippen molar-refractivity contribution in [2.45, 2.75) is 38.5 Å². The molecule has 31 heavy (non-hydrogen) atoms. The molecule has 2 saturated carbocycles. The van der Waals surface area contributed by atoms with Crippen molar-refractivity contribution in [2.24, 2.45) is 23.7 Å². The van der Waals surface area contributed by atoms with Crippen LogP contribution in [0, 0.1) is 33.1 Å². The van der Waals surface area contributed by atoms with E-state index in [4.69, 9.17) is 0 Å². The van der Waals surface area contributed by atoms with Gasteiger partial charge in [0.05, 0.1) is 5.52 Å². The molecule has 2 fully saturated rings. The van der Waals surface area contributed by atoms with E-state index in [9.17, 15) is 9.18 Å². The monoisotopic (exact) mass is 529 g/mol. The van der Waals surface area contributed by atoms with E-state index in [-0.39, 0.29) is 17.6 Å². The highest BCUT2D eigenvalue weighted by Gasteiger charge is 2.44. The number of amides is 1. The van der Waals surface area contributed by atoms with Crippen LogP contribution in [0.5, 0.6) is 0 Å². The number of pyridine rings is 2. The zero-order valence-electron chi connectivity index (χ0n) is 17.4. The number of nitrogens with zero attached hydrogens (tertiary/aromatic N) is 2. The lowest BCUT2D eigenvalue weighted by atomic mass is 9.86. The minimum atomic E-state index is -0.206. The highest BCUT2D eigenvalue weighted by molar-refractivity contribution is 14.1. The van der Waals surface area contributed by atoms with Gasteiger partial charge in [-0.05, 0) is 114 Å². The average molecular weight is 529 g/mol. The summed E-state index contributed by atoms with van der Waals surface area (Å²) in [4.78, 5) is 21.5. The van der Waals surface area contributed by atoms with E-state index < -0.39 is 0 Å². The van der Waals surface area contributed by atoms with E-state index in [0.29, 0.717) is 29.5 Å². The number of carbonyl (C=O) groups is 1. The van der Waals surface area contributed by atoms with Crippen molar-refractivity contribution in [1.29, 1.82) is 0 Å². The summed E-state index contributed by atoms with van der Waals surface area (Å²) in [6.45, 7) is 2.05. The average Bonchev–Trinajstić information content (AvgIpc) is 3.33. The number of carbonyl (C=O) groups excluding carboxylic acids is 1. The zero-order valence-corrected chi connectivity index (χ0v) is 19.6. The molecule has 2 aromatic heterocycles. The molecule has 1 aromatic carbocycles. The minimum Gasteiger partial charge on any atom is -0.310 e. The maximum absolute atomic E-state index is 13.9. The summed E-state index contributed by atoms with van der Waals surface area (Å²) in [6, 6.07) is 10.7. The summed E-state index contributed by atoms with van der Waals surface area (Å²) in [6.07, 6.45) is 8.02. The molecule has 3 aromatic rings. The molecule has 5 rings (SSSR count). The van der Waals surface area contributed by atoms with E-state index >= 15 is 0 Å². The number of anilines is 1. The van der Waals surface area contributed by atoms with Gasteiger partial charge in [-0.1, -0.05) is 6.92 Å².